The lowest BCUT2D eigenvalue weighted by Crippen LogP contribution is -2.16. The monoisotopic (exact) mass is 256 g/mol. The maximum absolute atomic E-state index is 10.4. The van der Waals surface area contributed by atoms with Crippen molar-refractivity contribution in [3.05, 3.63) is 0 Å². The van der Waals surface area contributed by atoms with Crippen molar-refractivity contribution in [3.63, 3.8) is 0 Å². The van der Waals surface area contributed by atoms with Crippen LogP contribution in [-0.4, -0.2) is 42.3 Å². The van der Waals surface area contributed by atoms with E-state index in [0.717, 1.165) is 12.8 Å². The quantitative estimate of drug-likeness (QED) is 0.453. The van der Waals surface area contributed by atoms with Crippen LogP contribution in [0.5, 0.6) is 0 Å². The minimum absolute atomic E-state index is 0.141. The normalized spacial score (nSPS) is 14.0. The molecule has 0 aromatic carbocycles. The van der Waals surface area contributed by atoms with E-state index in [1.165, 1.54) is 6.92 Å². The summed E-state index contributed by atoms with van der Waals surface area (Å²) in [6, 6.07) is 0. The van der Waals surface area contributed by atoms with E-state index in [1.54, 1.807) is 0 Å². The number of rotatable bonds is 10. The van der Waals surface area contributed by atoms with Crippen LogP contribution in [0.1, 0.15) is 26.7 Å². The highest BCUT2D eigenvalue weighted by Crippen LogP contribution is 2.37. The molecular weight excluding hydrogens is 235 g/mol. The van der Waals surface area contributed by atoms with Crippen molar-refractivity contribution in [1.29, 1.82) is 0 Å². The average molecular weight is 256 g/mol. The Labute approximate surface area is 96.1 Å². The second-order valence-electron chi connectivity index (χ2n) is 3.45. The number of ether oxygens (including phenoxy) is 2. The molecule has 0 aromatic rings. The number of unbranched alkanes of at least 4 members (excludes halogenated alkanes) is 1. The molecule has 0 saturated carbocycles. The highest BCUT2D eigenvalue weighted by molar-refractivity contribution is 7.46. The molecule has 98 valence electrons. The summed E-state index contributed by atoms with van der Waals surface area (Å²) in [6.07, 6.45) is 1.49. The Kier molecular flexibility index (Phi) is 9.12. The Balaban J connectivity index is 3.28. The molecule has 16 heavy (non-hydrogen) atoms. The number of hydrogen-bond acceptors (Lipinski definition) is 4. The Bertz CT molecular complexity index is 204. The van der Waals surface area contributed by atoms with Crippen molar-refractivity contribution < 1.29 is 28.3 Å². The van der Waals surface area contributed by atoms with Gasteiger partial charge in [0.05, 0.1) is 25.9 Å². The van der Waals surface area contributed by atoms with Crippen molar-refractivity contribution in [2.24, 2.45) is 0 Å². The molecule has 0 saturated heterocycles. The van der Waals surface area contributed by atoms with Crippen LogP contribution in [0, 0.1) is 0 Å². The van der Waals surface area contributed by atoms with Gasteiger partial charge in [-0.2, -0.15) is 0 Å². The molecule has 7 heteroatoms. The first-order chi connectivity index (χ1) is 7.45. The van der Waals surface area contributed by atoms with Crippen LogP contribution in [0.15, 0.2) is 0 Å². The number of phosphoric acid groups is 1. The van der Waals surface area contributed by atoms with Crippen molar-refractivity contribution in [2.75, 3.05) is 26.4 Å². The molecule has 0 fully saturated rings. The topological polar surface area (TPSA) is 85.2 Å². The summed E-state index contributed by atoms with van der Waals surface area (Å²) in [6.45, 7) is 5.37. The fourth-order valence-electron chi connectivity index (χ4n) is 0.980. The van der Waals surface area contributed by atoms with Crippen molar-refractivity contribution >= 4 is 7.82 Å². The molecule has 0 aliphatic rings. The molecule has 0 rings (SSSR count). The Morgan fingerprint density at radius 1 is 1.19 bits per heavy atom. The van der Waals surface area contributed by atoms with Crippen LogP contribution in [-0.2, 0) is 18.6 Å². The zero-order valence-corrected chi connectivity index (χ0v) is 10.7. The summed E-state index contributed by atoms with van der Waals surface area (Å²) in [5, 5.41) is 0. The molecule has 0 aromatic heterocycles. The van der Waals surface area contributed by atoms with E-state index < -0.39 is 13.9 Å². The van der Waals surface area contributed by atoms with Gasteiger partial charge < -0.3 is 19.3 Å². The van der Waals surface area contributed by atoms with Crippen LogP contribution < -0.4 is 0 Å². The SMILES string of the molecule is CCCCOCCOCC(C)OP(=O)(O)O. The summed E-state index contributed by atoms with van der Waals surface area (Å²) in [5.41, 5.74) is 0. The maximum Gasteiger partial charge on any atom is 0.469 e. The predicted octanol–water partition coefficient (Wildman–Crippen LogP) is 1.32. The minimum Gasteiger partial charge on any atom is -0.379 e. The third-order valence-electron chi connectivity index (χ3n) is 1.68. The molecule has 0 aliphatic carbocycles. The molecule has 0 heterocycles. The van der Waals surface area contributed by atoms with E-state index in [2.05, 4.69) is 11.4 Å². The van der Waals surface area contributed by atoms with E-state index in [4.69, 9.17) is 19.3 Å². The fraction of sp³-hybridized carbons (Fsp3) is 1.00. The van der Waals surface area contributed by atoms with Crippen molar-refractivity contribution in [3.8, 4) is 0 Å². The summed E-state index contributed by atoms with van der Waals surface area (Å²) in [4.78, 5) is 17.0. The van der Waals surface area contributed by atoms with Crippen LogP contribution in [0.4, 0.5) is 0 Å². The summed E-state index contributed by atoms with van der Waals surface area (Å²) < 4.78 is 25.2. The number of phosphoric ester groups is 1. The molecule has 1 atom stereocenters. The Morgan fingerprint density at radius 2 is 1.81 bits per heavy atom. The van der Waals surface area contributed by atoms with Crippen LogP contribution in [0.2, 0.25) is 0 Å². The van der Waals surface area contributed by atoms with Gasteiger partial charge in [0.15, 0.2) is 0 Å². The van der Waals surface area contributed by atoms with E-state index in [0.29, 0.717) is 19.8 Å². The Morgan fingerprint density at radius 3 is 2.38 bits per heavy atom. The minimum atomic E-state index is -4.40. The van der Waals surface area contributed by atoms with E-state index in [1.807, 2.05) is 0 Å². The van der Waals surface area contributed by atoms with E-state index in [-0.39, 0.29) is 6.61 Å². The van der Waals surface area contributed by atoms with E-state index >= 15 is 0 Å². The van der Waals surface area contributed by atoms with Gasteiger partial charge >= 0.3 is 7.82 Å². The smallest absolute Gasteiger partial charge is 0.379 e. The van der Waals surface area contributed by atoms with Crippen LogP contribution >= 0.6 is 7.82 Å². The molecule has 0 radical (unpaired) electrons. The van der Waals surface area contributed by atoms with Crippen LogP contribution in [0.25, 0.3) is 0 Å². The highest BCUT2D eigenvalue weighted by atomic mass is 31.2. The third kappa shape index (κ3) is 12.1. The first-order valence-corrected chi connectivity index (χ1v) is 6.88. The molecule has 2 N–H and O–H groups in total. The summed E-state index contributed by atoms with van der Waals surface area (Å²) >= 11 is 0. The second-order valence-corrected chi connectivity index (χ2v) is 4.64. The van der Waals surface area contributed by atoms with Gasteiger partial charge in [0.1, 0.15) is 0 Å². The van der Waals surface area contributed by atoms with Gasteiger partial charge in [0.25, 0.3) is 0 Å². The van der Waals surface area contributed by atoms with Gasteiger partial charge in [-0.05, 0) is 13.3 Å². The fourth-order valence-corrected chi connectivity index (χ4v) is 1.51. The first-order valence-electron chi connectivity index (χ1n) is 5.35. The third-order valence-corrected chi connectivity index (χ3v) is 2.32. The zero-order chi connectivity index (χ0) is 12.4. The summed E-state index contributed by atoms with van der Waals surface area (Å²) in [7, 11) is -4.40. The molecule has 0 spiro atoms. The van der Waals surface area contributed by atoms with Gasteiger partial charge in [-0.1, -0.05) is 13.3 Å². The molecule has 1 unspecified atom stereocenters. The zero-order valence-electron chi connectivity index (χ0n) is 9.79. The maximum atomic E-state index is 10.4. The largest absolute Gasteiger partial charge is 0.469 e. The lowest BCUT2D eigenvalue weighted by Gasteiger charge is -2.13. The second kappa shape index (κ2) is 9.10. The van der Waals surface area contributed by atoms with Gasteiger partial charge in [-0.3, -0.25) is 4.52 Å². The molecular formula is C9H21O6P. The van der Waals surface area contributed by atoms with Crippen molar-refractivity contribution in [2.45, 2.75) is 32.8 Å². The predicted molar refractivity (Wildman–Crippen MR) is 59.1 cm³/mol. The summed E-state index contributed by atoms with van der Waals surface area (Å²) in [5.74, 6) is 0. The average Bonchev–Trinajstić information content (AvgIpc) is 2.13. The van der Waals surface area contributed by atoms with Gasteiger partial charge in [0, 0.05) is 6.61 Å². The van der Waals surface area contributed by atoms with Crippen molar-refractivity contribution in [1.82, 2.24) is 0 Å². The lowest BCUT2D eigenvalue weighted by molar-refractivity contribution is 0.00845. The highest BCUT2D eigenvalue weighted by Gasteiger charge is 2.18. The standard InChI is InChI=1S/C9H21O6P/c1-3-4-5-13-6-7-14-8-9(2)15-16(10,11)12/h9H,3-8H2,1-2H3,(H2,10,11,12). The molecule has 6 nitrogen and oxygen atoms in total. The van der Waals surface area contributed by atoms with Gasteiger partial charge in [0.2, 0.25) is 0 Å². The molecule has 0 amide bonds. The van der Waals surface area contributed by atoms with Gasteiger partial charge in [-0.15, -0.1) is 0 Å². The Hall–Kier alpha value is 0.0300. The van der Waals surface area contributed by atoms with Gasteiger partial charge in [-0.25, -0.2) is 4.57 Å². The molecule has 0 aliphatic heterocycles. The van der Waals surface area contributed by atoms with E-state index in [9.17, 15) is 4.57 Å². The number of hydrogen-bond donors (Lipinski definition) is 2. The first kappa shape index (κ1) is 16.0. The lowest BCUT2D eigenvalue weighted by atomic mass is 10.4. The molecule has 0 bridgehead atoms. The van der Waals surface area contributed by atoms with Crippen LogP contribution in [0.3, 0.4) is 0 Å².